The predicted octanol–water partition coefficient (Wildman–Crippen LogP) is 4.32. The van der Waals surface area contributed by atoms with Crippen LogP contribution in [0, 0.1) is 13.8 Å². The van der Waals surface area contributed by atoms with E-state index in [-0.39, 0.29) is 6.04 Å². The van der Waals surface area contributed by atoms with E-state index in [4.69, 9.17) is 0 Å². The first-order valence-corrected chi connectivity index (χ1v) is 8.55. The van der Waals surface area contributed by atoms with Crippen LogP contribution in [0.25, 0.3) is 0 Å². The highest BCUT2D eigenvalue weighted by molar-refractivity contribution is 5.38. The fourth-order valence-corrected chi connectivity index (χ4v) is 3.58. The van der Waals surface area contributed by atoms with Crippen LogP contribution in [0.15, 0.2) is 42.5 Å². The van der Waals surface area contributed by atoms with Crippen molar-refractivity contribution in [2.24, 2.45) is 0 Å². The maximum absolute atomic E-state index is 12.9. The number of piperazine rings is 1. The van der Waals surface area contributed by atoms with Gasteiger partial charge in [0.25, 0.3) is 0 Å². The van der Waals surface area contributed by atoms with Gasteiger partial charge in [0, 0.05) is 26.2 Å². The Morgan fingerprint density at radius 1 is 0.880 bits per heavy atom. The molecule has 5 heteroatoms. The van der Waals surface area contributed by atoms with Gasteiger partial charge in [0.2, 0.25) is 0 Å². The van der Waals surface area contributed by atoms with Gasteiger partial charge in [-0.1, -0.05) is 41.5 Å². The molecule has 0 spiro atoms. The van der Waals surface area contributed by atoms with E-state index in [1.807, 2.05) is 0 Å². The highest BCUT2D eigenvalue weighted by atomic mass is 19.4. The second kappa shape index (κ2) is 7.18. The highest BCUT2D eigenvalue weighted by Crippen LogP contribution is 2.34. The zero-order chi connectivity index (χ0) is 18.0. The fraction of sp³-hybridized carbons (Fsp3) is 0.400. The third-order valence-electron chi connectivity index (χ3n) is 4.63. The molecule has 134 valence electrons. The van der Waals surface area contributed by atoms with Crippen LogP contribution < -0.4 is 5.32 Å². The van der Waals surface area contributed by atoms with Crippen molar-refractivity contribution in [3.63, 3.8) is 0 Å². The van der Waals surface area contributed by atoms with Gasteiger partial charge in [-0.3, -0.25) is 4.90 Å². The van der Waals surface area contributed by atoms with Crippen molar-refractivity contribution in [1.82, 2.24) is 10.2 Å². The molecule has 0 radical (unpaired) electrons. The standard InChI is InChI=1S/C20H23F3N2/c1-14-11-15(2)13-17(12-14)19(25-9-7-24-8-10-25)16-3-5-18(6-4-16)20(21,22)23/h3-6,11-13,19,24H,7-10H2,1-2H3. The maximum Gasteiger partial charge on any atom is 0.416 e. The summed E-state index contributed by atoms with van der Waals surface area (Å²) in [4.78, 5) is 2.34. The van der Waals surface area contributed by atoms with Crippen LogP contribution in [0.5, 0.6) is 0 Å². The number of nitrogens with one attached hydrogen (secondary N) is 1. The first-order chi connectivity index (χ1) is 11.8. The zero-order valence-electron chi connectivity index (χ0n) is 14.5. The molecular formula is C20H23F3N2. The average Bonchev–Trinajstić information content (AvgIpc) is 2.55. The summed E-state index contributed by atoms with van der Waals surface area (Å²) in [6, 6.07) is 12.0. The lowest BCUT2D eigenvalue weighted by Gasteiger charge is -2.36. The molecule has 0 aromatic heterocycles. The summed E-state index contributed by atoms with van der Waals surface area (Å²) in [6.07, 6.45) is -4.30. The van der Waals surface area contributed by atoms with Crippen LogP contribution in [-0.2, 0) is 6.18 Å². The SMILES string of the molecule is Cc1cc(C)cc(C(c2ccc(C(F)(F)F)cc2)N2CCNCC2)c1. The lowest BCUT2D eigenvalue weighted by atomic mass is 9.93. The third-order valence-corrected chi connectivity index (χ3v) is 4.63. The molecule has 1 aliphatic heterocycles. The Morgan fingerprint density at radius 2 is 1.44 bits per heavy atom. The number of benzene rings is 2. The van der Waals surface area contributed by atoms with E-state index in [1.165, 1.54) is 23.3 Å². The van der Waals surface area contributed by atoms with Crippen LogP contribution in [0.4, 0.5) is 13.2 Å². The van der Waals surface area contributed by atoms with Gasteiger partial charge in [-0.25, -0.2) is 0 Å². The quantitative estimate of drug-likeness (QED) is 0.889. The van der Waals surface area contributed by atoms with Gasteiger partial charge >= 0.3 is 6.18 Å². The first-order valence-electron chi connectivity index (χ1n) is 8.55. The molecule has 1 unspecified atom stereocenters. The van der Waals surface area contributed by atoms with Gasteiger partial charge in [0.05, 0.1) is 11.6 Å². The van der Waals surface area contributed by atoms with Crippen molar-refractivity contribution >= 4 is 0 Å². The van der Waals surface area contributed by atoms with Crippen molar-refractivity contribution in [2.45, 2.75) is 26.1 Å². The molecule has 25 heavy (non-hydrogen) atoms. The summed E-state index contributed by atoms with van der Waals surface area (Å²) in [7, 11) is 0. The molecule has 1 heterocycles. The summed E-state index contributed by atoms with van der Waals surface area (Å²) in [5, 5.41) is 3.33. The second-order valence-corrected chi connectivity index (χ2v) is 6.73. The molecular weight excluding hydrogens is 325 g/mol. The number of rotatable bonds is 3. The monoisotopic (exact) mass is 348 g/mol. The van der Waals surface area contributed by atoms with Crippen LogP contribution in [-0.4, -0.2) is 31.1 Å². The highest BCUT2D eigenvalue weighted by Gasteiger charge is 2.31. The van der Waals surface area contributed by atoms with Gasteiger partial charge in [-0.2, -0.15) is 13.2 Å². The number of aryl methyl sites for hydroxylation is 2. The minimum absolute atomic E-state index is 0.0250. The van der Waals surface area contributed by atoms with Gasteiger partial charge in [0.15, 0.2) is 0 Å². The number of hydrogen-bond acceptors (Lipinski definition) is 2. The Balaban J connectivity index is 2.01. The van der Waals surface area contributed by atoms with Crippen molar-refractivity contribution in [2.75, 3.05) is 26.2 Å². The molecule has 1 N–H and O–H groups in total. The summed E-state index contributed by atoms with van der Waals surface area (Å²) in [6.45, 7) is 7.64. The van der Waals surface area contributed by atoms with Crippen LogP contribution >= 0.6 is 0 Å². The van der Waals surface area contributed by atoms with Crippen molar-refractivity contribution in [1.29, 1.82) is 0 Å². The third kappa shape index (κ3) is 4.22. The molecule has 2 aromatic rings. The van der Waals surface area contributed by atoms with E-state index >= 15 is 0 Å². The predicted molar refractivity (Wildman–Crippen MR) is 93.6 cm³/mol. The molecule has 0 saturated carbocycles. The molecule has 0 amide bonds. The van der Waals surface area contributed by atoms with E-state index in [0.29, 0.717) is 0 Å². The van der Waals surface area contributed by atoms with Crippen LogP contribution in [0.3, 0.4) is 0 Å². The normalized spacial score (nSPS) is 17.5. The number of halogens is 3. The Bertz CT molecular complexity index is 696. The van der Waals surface area contributed by atoms with Crippen molar-refractivity contribution < 1.29 is 13.2 Å². The fourth-order valence-electron chi connectivity index (χ4n) is 3.58. The molecule has 1 fully saturated rings. The number of nitrogens with zero attached hydrogens (tertiary/aromatic N) is 1. The Kier molecular flexibility index (Phi) is 5.16. The van der Waals surface area contributed by atoms with Crippen molar-refractivity contribution in [3.05, 3.63) is 70.3 Å². The smallest absolute Gasteiger partial charge is 0.314 e. The average molecular weight is 348 g/mol. The molecule has 1 atom stereocenters. The number of alkyl halides is 3. The van der Waals surface area contributed by atoms with E-state index in [0.717, 1.165) is 37.3 Å². The molecule has 0 aliphatic carbocycles. The lowest BCUT2D eigenvalue weighted by molar-refractivity contribution is -0.137. The van der Waals surface area contributed by atoms with Gasteiger partial charge < -0.3 is 5.32 Å². The van der Waals surface area contributed by atoms with E-state index in [1.54, 1.807) is 12.1 Å². The Labute approximate surface area is 146 Å². The minimum Gasteiger partial charge on any atom is -0.314 e. The summed E-state index contributed by atoms with van der Waals surface area (Å²) in [5.41, 5.74) is 3.78. The van der Waals surface area contributed by atoms with E-state index < -0.39 is 11.7 Å². The first kappa shape index (κ1) is 18.0. The summed E-state index contributed by atoms with van der Waals surface area (Å²) < 4.78 is 38.7. The van der Waals surface area contributed by atoms with Crippen molar-refractivity contribution in [3.8, 4) is 0 Å². The van der Waals surface area contributed by atoms with Crippen LogP contribution in [0.1, 0.15) is 33.9 Å². The lowest BCUT2D eigenvalue weighted by Crippen LogP contribution is -2.45. The van der Waals surface area contributed by atoms with Crippen LogP contribution in [0.2, 0.25) is 0 Å². The minimum atomic E-state index is -4.30. The maximum atomic E-state index is 12.9. The summed E-state index contributed by atoms with van der Waals surface area (Å²) >= 11 is 0. The molecule has 0 bridgehead atoms. The Hall–Kier alpha value is -1.85. The number of hydrogen-bond donors (Lipinski definition) is 1. The van der Waals surface area contributed by atoms with Gasteiger partial charge in [-0.15, -0.1) is 0 Å². The molecule has 1 aliphatic rings. The second-order valence-electron chi connectivity index (χ2n) is 6.73. The van der Waals surface area contributed by atoms with E-state index in [9.17, 15) is 13.2 Å². The van der Waals surface area contributed by atoms with Gasteiger partial charge in [0.1, 0.15) is 0 Å². The molecule has 1 saturated heterocycles. The molecule has 2 aromatic carbocycles. The molecule has 2 nitrogen and oxygen atoms in total. The Morgan fingerprint density at radius 3 is 1.96 bits per heavy atom. The van der Waals surface area contributed by atoms with Gasteiger partial charge in [-0.05, 0) is 37.1 Å². The van der Waals surface area contributed by atoms with E-state index in [2.05, 4.69) is 42.3 Å². The zero-order valence-corrected chi connectivity index (χ0v) is 14.5. The summed E-state index contributed by atoms with van der Waals surface area (Å²) in [5.74, 6) is 0. The topological polar surface area (TPSA) is 15.3 Å². The molecule has 3 rings (SSSR count). The largest absolute Gasteiger partial charge is 0.416 e.